The minimum atomic E-state index is -0.177. The van der Waals surface area contributed by atoms with Gasteiger partial charge in [0.05, 0.1) is 12.6 Å². The number of piperidine rings is 1. The molecule has 2 heterocycles. The molecule has 1 amide bonds. The van der Waals surface area contributed by atoms with Crippen LogP contribution in [0.15, 0.2) is 10.6 Å². The van der Waals surface area contributed by atoms with Gasteiger partial charge in [0.1, 0.15) is 0 Å². The van der Waals surface area contributed by atoms with E-state index in [1.165, 1.54) is 0 Å². The number of amides is 1. The molecule has 1 aliphatic carbocycles. The zero-order chi connectivity index (χ0) is 15.5. The molecule has 1 aromatic rings. The van der Waals surface area contributed by atoms with Crippen molar-refractivity contribution in [2.45, 2.75) is 57.7 Å². The van der Waals surface area contributed by atoms with Crippen LogP contribution in [0.3, 0.4) is 0 Å². The van der Waals surface area contributed by atoms with Gasteiger partial charge in [-0.15, -0.1) is 0 Å². The lowest BCUT2D eigenvalue weighted by molar-refractivity contribution is 0.0724. The molecule has 1 aliphatic heterocycles. The molecule has 6 nitrogen and oxygen atoms in total. The normalized spacial score (nSPS) is 20.3. The highest BCUT2D eigenvalue weighted by atomic mass is 16.5. The Morgan fingerprint density at radius 2 is 2.14 bits per heavy atom. The van der Waals surface area contributed by atoms with Crippen molar-refractivity contribution in [1.82, 2.24) is 15.0 Å². The predicted molar refractivity (Wildman–Crippen MR) is 81.4 cm³/mol. The Balaban J connectivity index is 1.59. The third-order valence-electron chi connectivity index (χ3n) is 4.43. The first-order valence-electron chi connectivity index (χ1n) is 8.34. The predicted octanol–water partition coefficient (Wildman–Crippen LogP) is 1.65. The van der Waals surface area contributed by atoms with Gasteiger partial charge >= 0.3 is 0 Å². The van der Waals surface area contributed by atoms with Gasteiger partial charge in [-0.2, -0.15) is 0 Å². The van der Waals surface area contributed by atoms with Crippen LogP contribution in [-0.4, -0.2) is 57.8 Å². The van der Waals surface area contributed by atoms with Crippen LogP contribution in [0.1, 0.15) is 55.3 Å². The zero-order valence-corrected chi connectivity index (χ0v) is 13.2. The molecule has 122 valence electrons. The number of aromatic nitrogens is 1. The summed E-state index contributed by atoms with van der Waals surface area (Å²) >= 11 is 0. The third kappa shape index (κ3) is 3.67. The summed E-state index contributed by atoms with van der Waals surface area (Å²) in [6.45, 7) is 5.24. The summed E-state index contributed by atoms with van der Waals surface area (Å²) in [6, 6.07) is 2.18. The Hall–Kier alpha value is -1.40. The van der Waals surface area contributed by atoms with Gasteiger partial charge in [-0.1, -0.05) is 12.1 Å². The van der Waals surface area contributed by atoms with E-state index in [0.717, 1.165) is 57.5 Å². The van der Waals surface area contributed by atoms with Gasteiger partial charge in [-0.25, -0.2) is 0 Å². The summed E-state index contributed by atoms with van der Waals surface area (Å²) in [5, 5.41) is 13.5. The number of carbonyl (C=O) groups is 1. The van der Waals surface area contributed by atoms with E-state index in [1.54, 1.807) is 6.07 Å². The summed E-state index contributed by atoms with van der Waals surface area (Å²) in [5.41, 5.74) is 0.424. The van der Waals surface area contributed by atoms with Crippen molar-refractivity contribution in [3.05, 3.63) is 17.5 Å². The summed E-state index contributed by atoms with van der Waals surface area (Å²) in [7, 11) is 0. The molecule has 1 saturated carbocycles. The fraction of sp³-hybridized carbons (Fsp3) is 0.750. The summed E-state index contributed by atoms with van der Waals surface area (Å²) in [5.74, 6) is 0.723. The number of nitrogens with zero attached hydrogens (tertiary/aromatic N) is 3. The van der Waals surface area contributed by atoms with E-state index in [9.17, 15) is 9.90 Å². The summed E-state index contributed by atoms with van der Waals surface area (Å²) in [4.78, 5) is 16.7. The minimum absolute atomic E-state index is 0.00610. The second kappa shape index (κ2) is 6.79. The standard InChI is InChI=1S/C16H25N3O3/c1-2-7-19(12-3-4-12)16(21)15-10-14(22-17-15)11-18-8-5-13(20)6-9-18/h10,12-13,20H,2-9,11H2,1H3. The van der Waals surface area contributed by atoms with Gasteiger partial charge in [0.2, 0.25) is 0 Å². The minimum Gasteiger partial charge on any atom is -0.393 e. The molecule has 6 heteroatoms. The van der Waals surface area contributed by atoms with Crippen molar-refractivity contribution >= 4 is 5.91 Å². The monoisotopic (exact) mass is 307 g/mol. The van der Waals surface area contributed by atoms with Gasteiger partial charge in [-0.3, -0.25) is 9.69 Å². The Morgan fingerprint density at radius 1 is 1.41 bits per heavy atom. The molecule has 0 spiro atoms. The largest absolute Gasteiger partial charge is 0.393 e. The number of carbonyl (C=O) groups excluding carboxylic acids is 1. The van der Waals surface area contributed by atoms with Crippen LogP contribution in [0.4, 0.5) is 0 Å². The average Bonchev–Trinajstić information content (AvgIpc) is 3.25. The van der Waals surface area contributed by atoms with Gasteiger partial charge in [0, 0.05) is 31.7 Å². The van der Waals surface area contributed by atoms with Crippen molar-refractivity contribution in [2.24, 2.45) is 0 Å². The highest BCUT2D eigenvalue weighted by Crippen LogP contribution is 2.28. The molecule has 0 radical (unpaired) electrons. The molecule has 3 rings (SSSR count). The van der Waals surface area contributed by atoms with E-state index in [-0.39, 0.29) is 12.0 Å². The molecular weight excluding hydrogens is 282 g/mol. The molecule has 0 unspecified atom stereocenters. The van der Waals surface area contributed by atoms with Crippen LogP contribution in [0.5, 0.6) is 0 Å². The maximum Gasteiger partial charge on any atom is 0.276 e. The van der Waals surface area contributed by atoms with Gasteiger partial charge in [0.25, 0.3) is 5.91 Å². The lowest BCUT2D eigenvalue weighted by atomic mass is 10.1. The van der Waals surface area contributed by atoms with Gasteiger partial charge in [-0.05, 0) is 32.1 Å². The first kappa shape index (κ1) is 15.5. The number of hydrogen-bond acceptors (Lipinski definition) is 5. The third-order valence-corrected chi connectivity index (χ3v) is 4.43. The first-order chi connectivity index (χ1) is 10.7. The summed E-state index contributed by atoms with van der Waals surface area (Å²) < 4.78 is 5.34. The zero-order valence-electron chi connectivity index (χ0n) is 13.2. The van der Waals surface area contributed by atoms with Crippen LogP contribution in [0, 0.1) is 0 Å². The molecule has 0 bridgehead atoms. The first-order valence-corrected chi connectivity index (χ1v) is 8.34. The van der Waals surface area contributed by atoms with E-state index >= 15 is 0 Å². The number of likely N-dealkylation sites (tertiary alicyclic amines) is 1. The fourth-order valence-corrected chi connectivity index (χ4v) is 3.01. The van der Waals surface area contributed by atoms with Crippen molar-refractivity contribution in [3.8, 4) is 0 Å². The molecule has 1 N–H and O–H groups in total. The quantitative estimate of drug-likeness (QED) is 0.865. The van der Waals surface area contributed by atoms with Crippen molar-refractivity contribution in [1.29, 1.82) is 0 Å². The second-order valence-electron chi connectivity index (χ2n) is 6.42. The molecule has 2 fully saturated rings. The topological polar surface area (TPSA) is 69.8 Å². The molecule has 1 aromatic heterocycles. The Morgan fingerprint density at radius 3 is 2.77 bits per heavy atom. The van der Waals surface area contributed by atoms with Crippen LogP contribution in [0.25, 0.3) is 0 Å². The van der Waals surface area contributed by atoms with Gasteiger partial charge in [0.15, 0.2) is 11.5 Å². The SMILES string of the molecule is CCCN(C(=O)c1cc(CN2CCC(O)CC2)on1)C1CC1. The lowest BCUT2D eigenvalue weighted by Crippen LogP contribution is -2.35. The van der Waals surface area contributed by atoms with E-state index in [1.807, 2.05) is 4.90 Å². The molecule has 1 saturated heterocycles. The Labute approximate surface area is 131 Å². The Kier molecular flexibility index (Phi) is 4.78. The molecule has 22 heavy (non-hydrogen) atoms. The lowest BCUT2D eigenvalue weighted by Gasteiger charge is -2.28. The highest BCUT2D eigenvalue weighted by molar-refractivity contribution is 5.92. The van der Waals surface area contributed by atoms with Gasteiger partial charge < -0.3 is 14.5 Å². The molecule has 2 aliphatic rings. The second-order valence-corrected chi connectivity index (χ2v) is 6.42. The number of hydrogen-bond donors (Lipinski definition) is 1. The fourth-order valence-electron chi connectivity index (χ4n) is 3.01. The molecule has 0 atom stereocenters. The van der Waals surface area contributed by atoms with Crippen LogP contribution < -0.4 is 0 Å². The van der Waals surface area contributed by atoms with Crippen LogP contribution in [0.2, 0.25) is 0 Å². The van der Waals surface area contributed by atoms with Crippen molar-refractivity contribution < 1.29 is 14.4 Å². The number of rotatable bonds is 6. The highest BCUT2D eigenvalue weighted by Gasteiger charge is 2.33. The number of aliphatic hydroxyl groups is 1. The average molecular weight is 307 g/mol. The Bertz CT molecular complexity index is 504. The molecular formula is C16H25N3O3. The van der Waals surface area contributed by atoms with Crippen molar-refractivity contribution in [3.63, 3.8) is 0 Å². The van der Waals surface area contributed by atoms with E-state index < -0.39 is 0 Å². The summed E-state index contributed by atoms with van der Waals surface area (Å²) in [6.07, 6.45) is 4.59. The van der Waals surface area contributed by atoms with E-state index in [2.05, 4.69) is 17.0 Å². The van der Waals surface area contributed by atoms with Crippen LogP contribution >= 0.6 is 0 Å². The van der Waals surface area contributed by atoms with E-state index in [4.69, 9.17) is 4.52 Å². The van der Waals surface area contributed by atoms with Crippen molar-refractivity contribution in [2.75, 3.05) is 19.6 Å². The maximum atomic E-state index is 12.5. The number of aliphatic hydroxyl groups excluding tert-OH is 1. The molecule has 0 aromatic carbocycles. The van der Waals surface area contributed by atoms with Crippen LogP contribution in [-0.2, 0) is 6.54 Å². The van der Waals surface area contributed by atoms with E-state index in [0.29, 0.717) is 18.3 Å². The maximum absolute atomic E-state index is 12.5. The smallest absolute Gasteiger partial charge is 0.276 e.